The summed E-state index contributed by atoms with van der Waals surface area (Å²) in [6.45, 7) is 1.64. The molecule has 1 amide bonds. The van der Waals surface area contributed by atoms with Crippen molar-refractivity contribution in [1.29, 1.82) is 0 Å². The number of nitrogens with zero attached hydrogens (tertiary/aromatic N) is 1. The molecule has 1 saturated heterocycles. The second-order valence-corrected chi connectivity index (χ2v) is 5.53. The Kier molecular flexibility index (Phi) is 5.48. The Morgan fingerprint density at radius 3 is 2.42 bits per heavy atom. The largest absolute Gasteiger partial charge is 0.466 e. The van der Waals surface area contributed by atoms with E-state index in [0.717, 1.165) is 23.1 Å². The zero-order valence-corrected chi connectivity index (χ0v) is 13.0. The number of Topliss-reactive ketones (excluding diaryl/α,β-unsaturated/α-hetero) is 1. The minimum Gasteiger partial charge on any atom is -0.466 e. The van der Waals surface area contributed by atoms with E-state index in [9.17, 15) is 28.3 Å². The lowest BCUT2D eigenvalue weighted by atomic mass is 9.94. The Balaban J connectivity index is 2.18. The Bertz CT molecular complexity index is 644. The van der Waals surface area contributed by atoms with E-state index >= 15 is 0 Å². The van der Waals surface area contributed by atoms with E-state index in [2.05, 4.69) is 4.74 Å². The second-order valence-electron chi connectivity index (χ2n) is 5.53. The van der Waals surface area contributed by atoms with Crippen molar-refractivity contribution in [3.8, 4) is 0 Å². The molecule has 2 unspecified atom stereocenters. The summed E-state index contributed by atoms with van der Waals surface area (Å²) in [6, 6.07) is 1.91. The molecule has 0 aromatic heterocycles. The van der Waals surface area contributed by atoms with Crippen LogP contribution in [0.25, 0.3) is 0 Å². The lowest BCUT2D eigenvalue weighted by Crippen LogP contribution is -2.40. The molecule has 130 valence electrons. The summed E-state index contributed by atoms with van der Waals surface area (Å²) < 4.78 is 31.4. The van der Waals surface area contributed by atoms with E-state index in [1.165, 1.54) is 0 Å². The first-order chi connectivity index (χ1) is 11.3. The number of esters is 1. The van der Waals surface area contributed by atoms with Crippen molar-refractivity contribution in [3.05, 3.63) is 35.4 Å². The van der Waals surface area contributed by atoms with Crippen molar-refractivity contribution >= 4 is 17.8 Å². The lowest BCUT2D eigenvalue weighted by Gasteiger charge is -2.19. The molecular formula is C16H17F2NO5. The van der Waals surface area contributed by atoms with Gasteiger partial charge in [-0.15, -0.1) is 0 Å². The molecule has 6 nitrogen and oxygen atoms in total. The summed E-state index contributed by atoms with van der Waals surface area (Å²) in [7, 11) is 0. The second kappa shape index (κ2) is 7.37. The topological polar surface area (TPSA) is 83.9 Å². The maximum absolute atomic E-state index is 13.4. The normalized spacial score (nSPS) is 20.0. The smallest absolute Gasteiger partial charge is 0.407 e. The zero-order chi connectivity index (χ0) is 17.9. The lowest BCUT2D eigenvalue weighted by molar-refractivity contribution is -0.146. The number of rotatable bonds is 5. The van der Waals surface area contributed by atoms with E-state index in [4.69, 9.17) is 0 Å². The maximum Gasteiger partial charge on any atom is 0.407 e. The number of carbonyl (C=O) groups excluding carboxylic acids is 2. The van der Waals surface area contributed by atoms with Gasteiger partial charge in [0, 0.05) is 18.5 Å². The average Bonchev–Trinajstić information content (AvgIpc) is 2.91. The first-order valence-electron chi connectivity index (χ1n) is 7.45. The van der Waals surface area contributed by atoms with Gasteiger partial charge in [-0.25, -0.2) is 13.6 Å². The third-order valence-electron chi connectivity index (χ3n) is 3.90. The zero-order valence-electron chi connectivity index (χ0n) is 13.0. The quantitative estimate of drug-likeness (QED) is 0.656. The molecular weight excluding hydrogens is 324 g/mol. The number of ketones is 1. The summed E-state index contributed by atoms with van der Waals surface area (Å²) in [5.41, 5.74) is 0.283. The minimum absolute atomic E-state index is 0.0629. The van der Waals surface area contributed by atoms with Gasteiger partial charge in [0.15, 0.2) is 5.78 Å². The van der Waals surface area contributed by atoms with Crippen LogP contribution in [0, 0.1) is 11.6 Å². The molecule has 1 aliphatic heterocycles. The Labute approximate surface area is 137 Å². The third kappa shape index (κ3) is 4.06. The van der Waals surface area contributed by atoms with E-state index in [1.54, 1.807) is 6.92 Å². The van der Waals surface area contributed by atoms with Crippen LogP contribution in [-0.2, 0) is 14.3 Å². The highest BCUT2D eigenvalue weighted by Crippen LogP contribution is 2.33. The van der Waals surface area contributed by atoms with Gasteiger partial charge in [0.2, 0.25) is 0 Å². The predicted octanol–water partition coefficient (Wildman–Crippen LogP) is 2.32. The van der Waals surface area contributed by atoms with Crippen molar-refractivity contribution in [2.75, 3.05) is 13.2 Å². The van der Waals surface area contributed by atoms with Gasteiger partial charge in [0.25, 0.3) is 0 Å². The first-order valence-corrected chi connectivity index (χ1v) is 7.45. The van der Waals surface area contributed by atoms with E-state index < -0.39 is 47.9 Å². The molecule has 2 atom stereocenters. The molecule has 8 heteroatoms. The number of ether oxygens (including phenoxy) is 1. The summed E-state index contributed by atoms with van der Waals surface area (Å²) in [5, 5.41) is 9.25. The van der Waals surface area contributed by atoms with E-state index in [-0.39, 0.29) is 25.1 Å². The highest BCUT2D eigenvalue weighted by atomic mass is 19.1. The van der Waals surface area contributed by atoms with Crippen molar-refractivity contribution < 1.29 is 33.0 Å². The number of benzene rings is 1. The van der Waals surface area contributed by atoms with Crippen LogP contribution in [0.2, 0.25) is 0 Å². The minimum atomic E-state index is -1.32. The van der Waals surface area contributed by atoms with Gasteiger partial charge in [-0.05, 0) is 31.0 Å². The number of hydrogen-bond acceptors (Lipinski definition) is 4. The van der Waals surface area contributed by atoms with E-state index in [0.29, 0.717) is 0 Å². The number of carboxylic acid groups (broad SMARTS) is 1. The highest BCUT2D eigenvalue weighted by Gasteiger charge is 2.40. The van der Waals surface area contributed by atoms with Crippen LogP contribution in [0.4, 0.5) is 13.6 Å². The molecule has 1 aromatic carbocycles. The predicted molar refractivity (Wildman–Crippen MR) is 78.5 cm³/mol. The molecule has 0 saturated carbocycles. The van der Waals surface area contributed by atoms with Crippen molar-refractivity contribution in [2.24, 2.45) is 0 Å². The van der Waals surface area contributed by atoms with Crippen LogP contribution >= 0.6 is 0 Å². The van der Waals surface area contributed by atoms with Crippen LogP contribution in [-0.4, -0.2) is 47.0 Å². The fourth-order valence-electron chi connectivity index (χ4n) is 2.88. The Morgan fingerprint density at radius 1 is 1.25 bits per heavy atom. The SMILES string of the molecule is CCOC(=O)CC(=O)C1CC(c2cc(F)cc(F)c2)CN1C(=O)O. The fourth-order valence-corrected chi connectivity index (χ4v) is 2.88. The van der Waals surface area contributed by atoms with Gasteiger partial charge in [-0.2, -0.15) is 0 Å². The van der Waals surface area contributed by atoms with Crippen LogP contribution in [0.15, 0.2) is 18.2 Å². The molecule has 1 fully saturated rings. The first kappa shape index (κ1) is 17.8. The maximum atomic E-state index is 13.4. The van der Waals surface area contributed by atoms with Gasteiger partial charge >= 0.3 is 12.1 Å². The number of carbonyl (C=O) groups is 3. The average molecular weight is 341 g/mol. The summed E-state index contributed by atoms with van der Waals surface area (Å²) in [4.78, 5) is 35.9. The van der Waals surface area contributed by atoms with Gasteiger partial charge in [-0.3, -0.25) is 14.5 Å². The van der Waals surface area contributed by atoms with Crippen LogP contribution in [0.5, 0.6) is 0 Å². The molecule has 0 aliphatic carbocycles. The van der Waals surface area contributed by atoms with Gasteiger partial charge < -0.3 is 9.84 Å². The molecule has 1 aliphatic rings. The molecule has 2 rings (SSSR count). The van der Waals surface area contributed by atoms with E-state index in [1.807, 2.05) is 0 Å². The summed E-state index contributed by atoms with van der Waals surface area (Å²) in [6.07, 6.45) is -1.79. The molecule has 1 heterocycles. The van der Waals surface area contributed by atoms with Crippen molar-refractivity contribution in [1.82, 2.24) is 4.90 Å². The standard InChI is InChI=1S/C16H17F2NO5/c1-2-24-15(21)7-14(20)13-5-10(8-19(13)16(22)23)9-3-11(17)6-12(18)4-9/h3-4,6,10,13H,2,5,7-8H2,1H3,(H,22,23). The van der Waals surface area contributed by atoms with Gasteiger partial charge in [-0.1, -0.05) is 0 Å². The van der Waals surface area contributed by atoms with Gasteiger partial charge in [0.1, 0.15) is 18.1 Å². The summed E-state index contributed by atoms with van der Waals surface area (Å²) in [5.74, 6) is -3.38. The number of halogens is 2. The Morgan fingerprint density at radius 2 is 1.88 bits per heavy atom. The van der Waals surface area contributed by atoms with Crippen LogP contribution in [0.1, 0.15) is 31.2 Å². The van der Waals surface area contributed by atoms with Crippen LogP contribution in [0.3, 0.4) is 0 Å². The molecule has 0 spiro atoms. The number of likely N-dealkylation sites (tertiary alicyclic amines) is 1. The highest BCUT2D eigenvalue weighted by molar-refractivity contribution is 5.99. The fraction of sp³-hybridized carbons (Fsp3) is 0.438. The number of amides is 1. The summed E-state index contributed by atoms with van der Waals surface area (Å²) >= 11 is 0. The molecule has 0 bridgehead atoms. The Hall–Kier alpha value is -2.51. The molecule has 0 radical (unpaired) electrons. The molecule has 1 aromatic rings. The molecule has 1 N–H and O–H groups in total. The van der Waals surface area contributed by atoms with Gasteiger partial charge in [0.05, 0.1) is 12.6 Å². The molecule has 24 heavy (non-hydrogen) atoms. The monoisotopic (exact) mass is 341 g/mol. The third-order valence-corrected chi connectivity index (χ3v) is 3.90. The number of hydrogen-bond donors (Lipinski definition) is 1. The van der Waals surface area contributed by atoms with Crippen molar-refractivity contribution in [2.45, 2.75) is 31.7 Å². The van der Waals surface area contributed by atoms with Crippen LogP contribution < -0.4 is 0 Å². The van der Waals surface area contributed by atoms with Crippen molar-refractivity contribution in [3.63, 3.8) is 0 Å².